The first kappa shape index (κ1) is 43.3. The molecule has 3 unspecified atom stereocenters. The minimum atomic E-state index is -1.00. The summed E-state index contributed by atoms with van der Waals surface area (Å²) in [4.78, 5) is 58.0. The Labute approximate surface area is 387 Å². The van der Waals surface area contributed by atoms with Gasteiger partial charge in [0.25, 0.3) is 5.91 Å². The third-order valence-corrected chi connectivity index (χ3v) is 14.3. The standard InChI is InChI=1S/C51H52ClN7O7/c1-29-46(31(3)55(4)54-29)47-38(52)18-17-36-35(14-9-25-65-42-15-7-11-32-10-5-6-12-34(32)42)49(51(63)64)58(48(36)47)24-22-56-21-23-57(41-26-40(41)56)45(61)28-66-43-16-8-13-33-30(2)59(27-37(33)43)39-19-20-44(60)53-50(39)62/h5-8,10-13,15-18,39-41H,2,9,14,19-28H2,1,3-4H3,(H,63,64)(H,53,60,62). The molecule has 2 saturated heterocycles. The molecule has 3 amide bonds. The maximum Gasteiger partial charge on any atom is 0.352 e. The highest BCUT2D eigenvalue weighted by atomic mass is 35.5. The van der Waals surface area contributed by atoms with Crippen molar-refractivity contribution >= 4 is 62.7 Å². The number of carbonyl (C=O) groups excluding carboxylic acids is 3. The minimum Gasteiger partial charge on any atom is -0.493 e. The van der Waals surface area contributed by atoms with Crippen molar-refractivity contribution in [3.05, 3.63) is 118 Å². The normalized spacial score (nSPS) is 19.3. The van der Waals surface area contributed by atoms with E-state index in [0.29, 0.717) is 75.1 Å². The largest absolute Gasteiger partial charge is 0.493 e. The van der Waals surface area contributed by atoms with E-state index in [-0.39, 0.29) is 48.5 Å². The highest BCUT2D eigenvalue weighted by Crippen LogP contribution is 2.44. The summed E-state index contributed by atoms with van der Waals surface area (Å²) in [6.45, 7) is 11.0. The first-order valence-electron chi connectivity index (χ1n) is 22.6. The summed E-state index contributed by atoms with van der Waals surface area (Å²) in [7, 11) is 1.90. The molecular formula is C51H52ClN7O7. The van der Waals surface area contributed by atoms with E-state index in [1.807, 2.05) is 101 Å². The number of rotatable bonds is 14. The van der Waals surface area contributed by atoms with Crippen molar-refractivity contribution in [3.63, 3.8) is 0 Å². The number of carbonyl (C=O) groups is 4. The summed E-state index contributed by atoms with van der Waals surface area (Å²) >= 11 is 7.11. The van der Waals surface area contributed by atoms with Gasteiger partial charge in [0.2, 0.25) is 11.8 Å². The van der Waals surface area contributed by atoms with E-state index in [0.717, 1.165) is 73.1 Å². The second-order valence-corrected chi connectivity index (χ2v) is 18.2. The van der Waals surface area contributed by atoms with Crippen LogP contribution in [0, 0.1) is 13.8 Å². The van der Waals surface area contributed by atoms with E-state index in [9.17, 15) is 24.3 Å². The molecule has 1 saturated carbocycles. The number of hydrogen-bond acceptors (Lipinski definition) is 9. The average Bonchev–Trinajstić information content (AvgIpc) is 3.88. The first-order chi connectivity index (χ1) is 31.9. The summed E-state index contributed by atoms with van der Waals surface area (Å²) in [5.41, 5.74) is 7.58. The summed E-state index contributed by atoms with van der Waals surface area (Å²) < 4.78 is 16.3. The van der Waals surface area contributed by atoms with Crippen molar-refractivity contribution in [2.24, 2.45) is 7.05 Å². The van der Waals surface area contributed by atoms with Gasteiger partial charge in [-0.3, -0.25) is 29.3 Å². The lowest BCUT2D eigenvalue weighted by Gasteiger charge is -2.34. The number of carboxylic acid groups (broad SMARTS) is 1. The fraction of sp³-hybridized carbons (Fsp3) is 0.353. The van der Waals surface area contributed by atoms with Gasteiger partial charge in [0.1, 0.15) is 23.2 Å². The zero-order valence-corrected chi connectivity index (χ0v) is 38.1. The summed E-state index contributed by atoms with van der Waals surface area (Å²) in [5.74, 6) is -0.335. The van der Waals surface area contributed by atoms with Crippen LogP contribution in [0.1, 0.15) is 64.2 Å². The number of nitrogens with zero attached hydrogens (tertiary/aromatic N) is 6. The fourth-order valence-corrected chi connectivity index (χ4v) is 10.9. The zero-order chi connectivity index (χ0) is 46.0. The van der Waals surface area contributed by atoms with Crippen LogP contribution in [0.5, 0.6) is 11.5 Å². The monoisotopic (exact) mass is 909 g/mol. The van der Waals surface area contributed by atoms with Crippen LogP contribution in [0.25, 0.3) is 38.5 Å². The molecule has 4 aromatic carbocycles. The number of amides is 3. The van der Waals surface area contributed by atoms with Gasteiger partial charge in [0, 0.05) is 103 Å². The molecule has 5 heterocycles. The molecule has 14 nitrogen and oxygen atoms in total. The number of aromatic nitrogens is 3. The number of aryl methyl sites for hydroxylation is 3. The number of hydrogen-bond donors (Lipinski definition) is 2. The molecular weight excluding hydrogens is 858 g/mol. The molecule has 15 heteroatoms. The Hall–Kier alpha value is -6.64. The van der Waals surface area contributed by atoms with Crippen LogP contribution in [0.4, 0.5) is 0 Å². The number of halogens is 1. The number of carboxylic acids is 1. The number of nitrogens with one attached hydrogen (secondary N) is 1. The molecule has 2 N–H and O–H groups in total. The molecule has 1 aliphatic carbocycles. The van der Waals surface area contributed by atoms with E-state index in [1.165, 1.54) is 0 Å². The highest BCUT2D eigenvalue weighted by Gasteiger charge is 2.50. The predicted octanol–water partition coefficient (Wildman–Crippen LogP) is 7.13. The number of piperidine rings is 1. The van der Waals surface area contributed by atoms with Gasteiger partial charge in [-0.1, -0.05) is 72.8 Å². The van der Waals surface area contributed by atoms with Gasteiger partial charge < -0.3 is 28.9 Å². The Bertz CT molecular complexity index is 2990. The topological polar surface area (TPSA) is 151 Å². The van der Waals surface area contributed by atoms with Crippen LogP contribution < -0.4 is 14.8 Å². The van der Waals surface area contributed by atoms with Gasteiger partial charge in [-0.25, -0.2) is 4.79 Å². The minimum absolute atomic E-state index is 0.0301. The van der Waals surface area contributed by atoms with Crippen molar-refractivity contribution in [1.29, 1.82) is 0 Å². The van der Waals surface area contributed by atoms with Crippen molar-refractivity contribution in [1.82, 2.24) is 34.4 Å². The predicted molar refractivity (Wildman–Crippen MR) is 252 cm³/mol. The van der Waals surface area contributed by atoms with E-state index in [4.69, 9.17) is 26.2 Å². The Morgan fingerprint density at radius 3 is 2.50 bits per heavy atom. The summed E-state index contributed by atoms with van der Waals surface area (Å²) in [6.07, 6.45) is 2.57. The second kappa shape index (κ2) is 17.3. The lowest BCUT2D eigenvalue weighted by atomic mass is 9.98. The zero-order valence-electron chi connectivity index (χ0n) is 37.3. The molecule has 6 aromatic rings. The molecule has 0 spiro atoms. The summed E-state index contributed by atoms with van der Waals surface area (Å²) in [6, 6.07) is 23.2. The van der Waals surface area contributed by atoms with Crippen molar-refractivity contribution in [2.75, 3.05) is 32.8 Å². The van der Waals surface area contributed by atoms with E-state index >= 15 is 0 Å². The Morgan fingerprint density at radius 1 is 0.924 bits per heavy atom. The molecule has 10 rings (SSSR count). The SMILES string of the molecule is C=C1c2cccc(OCC(=O)N3CCN(CCn4c(C(=O)O)c(CCCOc5cccc6ccccc56)c5ccc(Cl)c(-c6c(C)nn(C)c6C)c54)C4CC43)c2CN1C1CCC(=O)NC1=O. The van der Waals surface area contributed by atoms with Crippen LogP contribution in [0.3, 0.4) is 0 Å². The molecule has 66 heavy (non-hydrogen) atoms. The van der Waals surface area contributed by atoms with E-state index in [1.54, 1.807) is 0 Å². The molecule has 0 bridgehead atoms. The molecule has 3 aliphatic heterocycles. The highest BCUT2D eigenvalue weighted by molar-refractivity contribution is 6.35. The quantitative estimate of drug-likeness (QED) is 0.0854. The van der Waals surface area contributed by atoms with E-state index < -0.39 is 12.0 Å². The van der Waals surface area contributed by atoms with Gasteiger partial charge in [0.15, 0.2) is 6.61 Å². The van der Waals surface area contributed by atoms with Crippen molar-refractivity contribution < 1.29 is 33.8 Å². The Morgan fingerprint density at radius 2 is 1.71 bits per heavy atom. The van der Waals surface area contributed by atoms with Gasteiger partial charge in [0.05, 0.1) is 22.8 Å². The lowest BCUT2D eigenvalue weighted by Crippen LogP contribution is -2.50. The van der Waals surface area contributed by atoms with Gasteiger partial charge in [-0.15, -0.1) is 0 Å². The summed E-state index contributed by atoms with van der Waals surface area (Å²) in [5, 5.41) is 21.7. The molecule has 2 aromatic heterocycles. The third-order valence-electron chi connectivity index (χ3n) is 14.0. The van der Waals surface area contributed by atoms with Crippen LogP contribution in [0.15, 0.2) is 79.4 Å². The smallest absolute Gasteiger partial charge is 0.352 e. The number of benzene rings is 4. The van der Waals surface area contributed by atoms with Gasteiger partial charge in [-0.2, -0.15) is 5.10 Å². The fourth-order valence-electron chi connectivity index (χ4n) is 10.7. The number of piperazine rings is 1. The number of ether oxygens (including phenoxy) is 2. The molecule has 3 fully saturated rings. The van der Waals surface area contributed by atoms with Crippen molar-refractivity contribution in [3.8, 4) is 22.6 Å². The average molecular weight is 910 g/mol. The maximum absolute atomic E-state index is 13.8. The molecule has 4 aliphatic rings. The first-order valence-corrected chi connectivity index (χ1v) is 23.0. The van der Waals surface area contributed by atoms with Crippen LogP contribution in [0.2, 0.25) is 5.02 Å². The van der Waals surface area contributed by atoms with Crippen LogP contribution in [-0.4, -0.2) is 109 Å². The van der Waals surface area contributed by atoms with Crippen LogP contribution >= 0.6 is 11.6 Å². The third kappa shape index (κ3) is 7.65. The van der Waals surface area contributed by atoms with E-state index in [2.05, 4.69) is 28.9 Å². The number of fused-ring (bicyclic) bond motifs is 4. The van der Waals surface area contributed by atoms with Gasteiger partial charge >= 0.3 is 5.97 Å². The molecule has 3 atom stereocenters. The Kier molecular flexibility index (Phi) is 11.3. The molecule has 0 radical (unpaired) electrons. The van der Waals surface area contributed by atoms with Gasteiger partial charge in [-0.05, 0) is 68.7 Å². The Balaban J connectivity index is 0.853. The number of aromatic carboxylic acids is 1. The lowest BCUT2D eigenvalue weighted by molar-refractivity contribution is -0.137. The van der Waals surface area contributed by atoms with Crippen molar-refractivity contribution in [2.45, 2.75) is 77.2 Å². The number of imide groups is 1. The second-order valence-electron chi connectivity index (χ2n) is 17.8. The van der Waals surface area contributed by atoms with Crippen LogP contribution in [-0.2, 0) is 40.9 Å². The molecule has 340 valence electrons. The maximum atomic E-state index is 13.8.